The zero-order valence-corrected chi connectivity index (χ0v) is 8.25. The molecule has 0 saturated heterocycles. The molecule has 0 spiro atoms. The van der Waals surface area contributed by atoms with Crippen LogP contribution in [0.2, 0.25) is 0 Å². The second-order valence-corrected chi connectivity index (χ2v) is 3.25. The van der Waals surface area contributed by atoms with E-state index in [4.69, 9.17) is 0 Å². The van der Waals surface area contributed by atoms with E-state index in [0.717, 1.165) is 6.07 Å². The third-order valence-electron chi connectivity index (χ3n) is 2.15. The van der Waals surface area contributed by atoms with Gasteiger partial charge in [-0.05, 0) is 25.0 Å². The molecule has 76 valence electrons. The van der Waals surface area contributed by atoms with Crippen LogP contribution in [0, 0.1) is 12.7 Å². The lowest BCUT2D eigenvalue weighted by molar-refractivity contribution is 0.0740. The summed E-state index contributed by atoms with van der Waals surface area (Å²) >= 11 is 0. The summed E-state index contributed by atoms with van der Waals surface area (Å²) in [6.07, 6.45) is -0.689. The molecule has 2 nitrogen and oxygen atoms in total. The van der Waals surface area contributed by atoms with Crippen molar-refractivity contribution < 1.29 is 14.3 Å². The summed E-state index contributed by atoms with van der Waals surface area (Å²) in [5, 5.41) is 9.27. The van der Waals surface area contributed by atoms with Gasteiger partial charge >= 0.3 is 0 Å². The Kier molecular flexibility index (Phi) is 3.36. The number of halogens is 1. The van der Waals surface area contributed by atoms with Crippen LogP contribution in [0.1, 0.15) is 29.3 Å². The number of benzene rings is 1. The number of Topliss-reactive ketones (excluding diaryl/α,β-unsaturated/α-hetero) is 1. The molecule has 1 aromatic rings. The fourth-order valence-electron chi connectivity index (χ4n) is 1.12. The topological polar surface area (TPSA) is 37.3 Å². The van der Waals surface area contributed by atoms with Crippen LogP contribution in [0.4, 0.5) is 4.39 Å². The third kappa shape index (κ3) is 2.17. The number of aliphatic hydroxyl groups excluding tert-OH is 1. The summed E-state index contributed by atoms with van der Waals surface area (Å²) in [5.74, 6) is -0.842. The smallest absolute Gasteiger partial charge is 0.191 e. The fraction of sp³-hybridized carbons (Fsp3) is 0.364. The zero-order valence-electron chi connectivity index (χ0n) is 8.25. The summed E-state index contributed by atoms with van der Waals surface area (Å²) in [6, 6.07) is 4.22. The molecule has 0 aromatic heterocycles. The normalized spacial score (nSPS) is 12.6. The van der Waals surface area contributed by atoms with Gasteiger partial charge in [-0.25, -0.2) is 4.39 Å². The SMILES string of the molecule is CCC(O)C(=O)c1ccc(C)c(F)c1. The first-order chi connectivity index (χ1) is 6.56. The second-order valence-electron chi connectivity index (χ2n) is 3.25. The Morgan fingerprint density at radius 1 is 1.57 bits per heavy atom. The van der Waals surface area contributed by atoms with Crippen molar-refractivity contribution >= 4 is 5.78 Å². The molecule has 3 heteroatoms. The largest absolute Gasteiger partial charge is 0.385 e. The first-order valence-electron chi connectivity index (χ1n) is 4.54. The van der Waals surface area contributed by atoms with Gasteiger partial charge in [0.25, 0.3) is 0 Å². The van der Waals surface area contributed by atoms with Gasteiger partial charge < -0.3 is 5.11 Å². The molecule has 1 atom stereocenters. The van der Waals surface area contributed by atoms with Gasteiger partial charge in [-0.3, -0.25) is 4.79 Å². The molecule has 14 heavy (non-hydrogen) atoms. The second kappa shape index (κ2) is 4.33. The predicted octanol–water partition coefficient (Wildman–Crippen LogP) is 2.09. The highest BCUT2D eigenvalue weighted by atomic mass is 19.1. The van der Waals surface area contributed by atoms with Gasteiger partial charge in [0.15, 0.2) is 5.78 Å². The quantitative estimate of drug-likeness (QED) is 0.751. The molecule has 0 aliphatic heterocycles. The van der Waals surface area contributed by atoms with E-state index >= 15 is 0 Å². The lowest BCUT2D eigenvalue weighted by Crippen LogP contribution is -2.19. The number of aryl methyl sites for hydroxylation is 1. The van der Waals surface area contributed by atoms with E-state index in [1.54, 1.807) is 13.8 Å². The molecule has 0 heterocycles. The lowest BCUT2D eigenvalue weighted by atomic mass is 10.0. The average Bonchev–Trinajstić information content (AvgIpc) is 2.20. The molecule has 1 aromatic carbocycles. The summed E-state index contributed by atoms with van der Waals surface area (Å²) in [5.41, 5.74) is 0.718. The molecule has 1 unspecified atom stereocenters. The molecule has 0 amide bonds. The molecule has 0 aliphatic carbocycles. The van der Waals surface area contributed by atoms with Crippen molar-refractivity contribution in [2.75, 3.05) is 0 Å². The van der Waals surface area contributed by atoms with Crippen molar-refractivity contribution in [1.82, 2.24) is 0 Å². The van der Waals surface area contributed by atoms with Gasteiger partial charge in [0.05, 0.1) is 0 Å². The summed E-state index contributed by atoms with van der Waals surface area (Å²) < 4.78 is 13.1. The number of aliphatic hydroxyl groups is 1. The van der Waals surface area contributed by atoms with Crippen LogP contribution in [0.3, 0.4) is 0 Å². The van der Waals surface area contributed by atoms with Gasteiger partial charge in [-0.15, -0.1) is 0 Å². The Balaban J connectivity index is 2.97. The highest BCUT2D eigenvalue weighted by Gasteiger charge is 2.15. The van der Waals surface area contributed by atoms with Gasteiger partial charge in [0.2, 0.25) is 0 Å². The predicted molar refractivity (Wildman–Crippen MR) is 51.8 cm³/mol. The first kappa shape index (κ1) is 10.9. The number of ketones is 1. The third-order valence-corrected chi connectivity index (χ3v) is 2.15. The minimum absolute atomic E-state index is 0.224. The van der Waals surface area contributed by atoms with Crippen molar-refractivity contribution in [3.05, 3.63) is 35.1 Å². The minimum Gasteiger partial charge on any atom is -0.385 e. The molecule has 1 N–H and O–H groups in total. The summed E-state index contributed by atoms with van der Waals surface area (Å²) in [6.45, 7) is 3.33. The number of carbonyl (C=O) groups is 1. The fourth-order valence-corrected chi connectivity index (χ4v) is 1.12. The van der Waals surface area contributed by atoms with Gasteiger partial charge in [-0.1, -0.05) is 19.1 Å². The minimum atomic E-state index is -1.03. The standard InChI is InChI=1S/C11H13FO2/c1-3-10(13)11(14)8-5-4-7(2)9(12)6-8/h4-6,10,13H,3H2,1-2H3. The molecule has 0 aliphatic rings. The Hall–Kier alpha value is -1.22. The van der Waals surface area contributed by atoms with Crippen molar-refractivity contribution in [2.45, 2.75) is 26.4 Å². The summed E-state index contributed by atoms with van der Waals surface area (Å²) in [7, 11) is 0. The van der Waals surface area contributed by atoms with Crippen LogP contribution in [0.15, 0.2) is 18.2 Å². The van der Waals surface area contributed by atoms with Crippen molar-refractivity contribution in [2.24, 2.45) is 0 Å². The van der Waals surface area contributed by atoms with E-state index in [0.29, 0.717) is 12.0 Å². The van der Waals surface area contributed by atoms with E-state index in [1.165, 1.54) is 12.1 Å². The Bertz CT molecular complexity index is 347. The van der Waals surface area contributed by atoms with Gasteiger partial charge in [-0.2, -0.15) is 0 Å². The average molecular weight is 196 g/mol. The number of hydrogen-bond acceptors (Lipinski definition) is 2. The molecular formula is C11H13FO2. The lowest BCUT2D eigenvalue weighted by Gasteiger charge is -2.07. The van der Waals surface area contributed by atoms with Crippen LogP contribution in [0.25, 0.3) is 0 Å². The van der Waals surface area contributed by atoms with E-state index in [2.05, 4.69) is 0 Å². The van der Waals surface area contributed by atoms with Crippen LogP contribution >= 0.6 is 0 Å². The molecule has 1 rings (SSSR count). The molecule has 0 bridgehead atoms. The Morgan fingerprint density at radius 2 is 2.21 bits per heavy atom. The molecular weight excluding hydrogens is 183 g/mol. The van der Waals surface area contributed by atoms with Crippen molar-refractivity contribution in [1.29, 1.82) is 0 Å². The monoisotopic (exact) mass is 196 g/mol. The summed E-state index contributed by atoms with van der Waals surface area (Å²) in [4.78, 5) is 11.4. The molecule has 0 saturated carbocycles. The van der Waals surface area contributed by atoms with Crippen LogP contribution in [-0.4, -0.2) is 17.0 Å². The van der Waals surface area contributed by atoms with Crippen LogP contribution in [-0.2, 0) is 0 Å². The molecule has 0 fully saturated rings. The highest BCUT2D eigenvalue weighted by Crippen LogP contribution is 2.12. The molecule has 0 radical (unpaired) electrons. The van der Waals surface area contributed by atoms with Crippen molar-refractivity contribution in [3.63, 3.8) is 0 Å². The Morgan fingerprint density at radius 3 is 2.71 bits per heavy atom. The van der Waals surface area contributed by atoms with E-state index in [9.17, 15) is 14.3 Å². The number of carbonyl (C=O) groups excluding carboxylic acids is 1. The van der Waals surface area contributed by atoms with Crippen LogP contribution < -0.4 is 0 Å². The van der Waals surface area contributed by atoms with Gasteiger partial charge in [0, 0.05) is 5.56 Å². The van der Waals surface area contributed by atoms with Crippen molar-refractivity contribution in [3.8, 4) is 0 Å². The van der Waals surface area contributed by atoms with Gasteiger partial charge in [0.1, 0.15) is 11.9 Å². The van der Waals surface area contributed by atoms with E-state index in [1.807, 2.05) is 0 Å². The maximum atomic E-state index is 13.1. The number of rotatable bonds is 3. The number of hydrogen-bond donors (Lipinski definition) is 1. The maximum Gasteiger partial charge on any atom is 0.191 e. The maximum absolute atomic E-state index is 13.1. The Labute approximate surface area is 82.4 Å². The zero-order chi connectivity index (χ0) is 10.7. The first-order valence-corrected chi connectivity index (χ1v) is 4.54. The highest BCUT2D eigenvalue weighted by molar-refractivity contribution is 5.99. The van der Waals surface area contributed by atoms with E-state index in [-0.39, 0.29) is 5.56 Å². The van der Waals surface area contributed by atoms with Crippen LogP contribution in [0.5, 0.6) is 0 Å². The van der Waals surface area contributed by atoms with E-state index < -0.39 is 17.7 Å².